The van der Waals surface area contributed by atoms with Gasteiger partial charge in [-0.05, 0) is 50.2 Å². The van der Waals surface area contributed by atoms with E-state index in [0.29, 0.717) is 34.1 Å². The molecule has 0 aliphatic carbocycles. The summed E-state index contributed by atoms with van der Waals surface area (Å²) in [5.74, 6) is 0.342. The number of aromatic nitrogens is 5. The Morgan fingerprint density at radius 1 is 1.09 bits per heavy atom. The van der Waals surface area contributed by atoms with Crippen molar-refractivity contribution in [1.29, 1.82) is 0 Å². The van der Waals surface area contributed by atoms with Gasteiger partial charge in [-0.3, -0.25) is 0 Å². The number of hydrogen-bond acceptors (Lipinski definition) is 5. The Morgan fingerprint density at radius 3 is 2.70 bits per heavy atom. The van der Waals surface area contributed by atoms with Crippen molar-refractivity contribution in [2.45, 2.75) is 25.8 Å². The summed E-state index contributed by atoms with van der Waals surface area (Å²) in [7, 11) is 0. The van der Waals surface area contributed by atoms with Crippen LogP contribution >= 0.6 is 11.6 Å². The van der Waals surface area contributed by atoms with E-state index < -0.39 is 11.5 Å². The second-order valence-corrected chi connectivity index (χ2v) is 8.90. The highest BCUT2D eigenvalue weighted by Crippen LogP contribution is 2.30. The molecule has 2 N–H and O–H groups in total. The topological polar surface area (TPSA) is 97.3 Å². The number of para-hydroxylation sites is 1. The maximum Gasteiger partial charge on any atom is 0.337 e. The third-order valence-corrected chi connectivity index (χ3v) is 5.84. The fraction of sp³-hybridized carbons (Fsp3) is 0.167. The van der Waals surface area contributed by atoms with E-state index in [2.05, 4.69) is 20.6 Å². The number of halogens is 1. The third kappa shape index (κ3) is 3.89. The Bertz CT molecular complexity index is 1500. The van der Waals surface area contributed by atoms with Gasteiger partial charge in [-0.25, -0.2) is 4.79 Å². The molecule has 0 bridgehead atoms. The van der Waals surface area contributed by atoms with Crippen LogP contribution in [-0.2, 0) is 12.0 Å². The van der Waals surface area contributed by atoms with Crippen molar-refractivity contribution in [3.63, 3.8) is 0 Å². The molecule has 0 fully saturated rings. The Labute approximate surface area is 194 Å². The van der Waals surface area contributed by atoms with E-state index in [1.807, 2.05) is 79.1 Å². The van der Waals surface area contributed by atoms with Crippen LogP contribution in [0.4, 0.5) is 11.5 Å². The van der Waals surface area contributed by atoms with Crippen molar-refractivity contribution in [2.24, 2.45) is 0 Å². The lowest BCUT2D eigenvalue weighted by atomic mass is 9.99. The first-order valence-corrected chi connectivity index (χ1v) is 10.8. The van der Waals surface area contributed by atoms with Gasteiger partial charge in [0.05, 0.1) is 5.56 Å². The van der Waals surface area contributed by atoms with Gasteiger partial charge in [0.2, 0.25) is 0 Å². The number of rotatable bonds is 6. The summed E-state index contributed by atoms with van der Waals surface area (Å²) in [6.45, 7) is 4.08. The van der Waals surface area contributed by atoms with Crippen LogP contribution in [0.25, 0.3) is 16.6 Å². The number of anilines is 2. The minimum atomic E-state index is -0.952. The van der Waals surface area contributed by atoms with Gasteiger partial charge in [0.25, 0.3) is 0 Å². The van der Waals surface area contributed by atoms with Crippen molar-refractivity contribution in [1.82, 2.24) is 24.4 Å². The summed E-state index contributed by atoms with van der Waals surface area (Å²) in [5.41, 5.74) is 2.08. The first-order valence-electron chi connectivity index (χ1n) is 10.4. The molecule has 3 heterocycles. The van der Waals surface area contributed by atoms with Crippen LogP contribution in [0.2, 0.25) is 5.02 Å². The zero-order valence-corrected chi connectivity index (χ0v) is 18.8. The van der Waals surface area contributed by atoms with Crippen LogP contribution in [0, 0.1) is 0 Å². The molecular formula is C24H21ClN6O2. The summed E-state index contributed by atoms with van der Waals surface area (Å²) in [6.07, 6.45) is 2.18. The molecule has 0 amide bonds. The first-order chi connectivity index (χ1) is 15.8. The van der Waals surface area contributed by atoms with Crippen LogP contribution in [-0.4, -0.2) is 35.5 Å². The number of aromatic carboxylic acids is 1. The highest BCUT2D eigenvalue weighted by Gasteiger charge is 2.28. The molecular weight excluding hydrogens is 440 g/mol. The number of carboxylic acids is 1. The van der Waals surface area contributed by atoms with Gasteiger partial charge in [-0.1, -0.05) is 35.9 Å². The lowest BCUT2D eigenvalue weighted by Crippen LogP contribution is -2.29. The molecule has 0 aliphatic rings. The molecule has 33 heavy (non-hydrogen) atoms. The van der Waals surface area contributed by atoms with Gasteiger partial charge in [0, 0.05) is 39.8 Å². The smallest absolute Gasteiger partial charge is 0.337 e. The van der Waals surface area contributed by atoms with Gasteiger partial charge >= 0.3 is 5.97 Å². The van der Waals surface area contributed by atoms with E-state index in [0.717, 1.165) is 11.2 Å². The number of carboxylic acid groups (broad SMARTS) is 1. The molecule has 0 atom stereocenters. The number of carbonyl (C=O) groups is 1. The zero-order valence-electron chi connectivity index (χ0n) is 18.0. The Hall–Kier alpha value is -3.91. The molecule has 0 aliphatic heterocycles. The highest BCUT2D eigenvalue weighted by atomic mass is 35.5. The summed E-state index contributed by atoms with van der Waals surface area (Å²) >= 11 is 6.08. The van der Waals surface area contributed by atoms with Gasteiger partial charge in [0.1, 0.15) is 0 Å². The molecule has 166 valence electrons. The highest BCUT2D eigenvalue weighted by molar-refractivity contribution is 6.30. The van der Waals surface area contributed by atoms with E-state index in [-0.39, 0.29) is 5.56 Å². The molecule has 0 saturated heterocycles. The predicted molar refractivity (Wildman–Crippen MR) is 127 cm³/mol. The minimum Gasteiger partial charge on any atom is -0.478 e. The predicted octanol–water partition coefficient (Wildman–Crippen LogP) is 5.15. The second kappa shape index (κ2) is 7.90. The van der Waals surface area contributed by atoms with E-state index in [9.17, 15) is 9.90 Å². The number of nitrogens with zero attached hydrogens (tertiary/aromatic N) is 5. The maximum absolute atomic E-state index is 11.8. The van der Waals surface area contributed by atoms with Crippen molar-refractivity contribution in [3.05, 3.63) is 83.3 Å². The third-order valence-electron chi connectivity index (χ3n) is 5.61. The summed E-state index contributed by atoms with van der Waals surface area (Å²) in [6, 6.07) is 18.6. The van der Waals surface area contributed by atoms with Crippen molar-refractivity contribution < 1.29 is 9.90 Å². The SMILES string of the molecule is CC(C)(Cc1nnc2ccc(Nc3cccc(Cl)c3)nn12)n1cc(C(=O)O)c2ccccc21. The van der Waals surface area contributed by atoms with Crippen molar-refractivity contribution in [3.8, 4) is 0 Å². The van der Waals surface area contributed by atoms with E-state index >= 15 is 0 Å². The van der Waals surface area contributed by atoms with Crippen LogP contribution in [0.1, 0.15) is 30.0 Å². The molecule has 8 nitrogen and oxygen atoms in total. The van der Waals surface area contributed by atoms with Crippen LogP contribution in [0.3, 0.4) is 0 Å². The van der Waals surface area contributed by atoms with E-state index in [4.69, 9.17) is 11.6 Å². The number of benzene rings is 2. The van der Waals surface area contributed by atoms with Crippen LogP contribution in [0.15, 0.2) is 66.9 Å². The molecule has 9 heteroatoms. The molecule has 2 aromatic carbocycles. The van der Waals surface area contributed by atoms with Gasteiger partial charge in [0.15, 0.2) is 17.3 Å². The molecule has 0 spiro atoms. The van der Waals surface area contributed by atoms with Gasteiger partial charge < -0.3 is 15.0 Å². The number of fused-ring (bicyclic) bond motifs is 2. The van der Waals surface area contributed by atoms with Gasteiger partial charge in [-0.2, -0.15) is 4.52 Å². The molecule has 0 unspecified atom stereocenters. The normalized spacial score (nSPS) is 11.8. The summed E-state index contributed by atoms with van der Waals surface area (Å²) in [4.78, 5) is 11.8. The molecule has 0 radical (unpaired) electrons. The lowest BCUT2D eigenvalue weighted by Gasteiger charge is -2.27. The average molecular weight is 461 g/mol. The Balaban J connectivity index is 1.51. The first kappa shape index (κ1) is 21.0. The average Bonchev–Trinajstić information content (AvgIpc) is 3.36. The minimum absolute atomic E-state index is 0.274. The maximum atomic E-state index is 11.8. The van der Waals surface area contributed by atoms with E-state index in [1.165, 1.54) is 0 Å². The summed E-state index contributed by atoms with van der Waals surface area (Å²) < 4.78 is 3.69. The monoisotopic (exact) mass is 460 g/mol. The summed E-state index contributed by atoms with van der Waals surface area (Å²) in [5, 5.41) is 27.5. The number of nitrogens with one attached hydrogen (secondary N) is 1. The number of hydrogen-bond donors (Lipinski definition) is 2. The molecule has 3 aromatic heterocycles. The Kier molecular flexibility index (Phi) is 5.02. The standard InChI is InChI=1S/C24H21ClN6O2/c1-24(2,30-14-18(23(32)33)17-8-3-4-9-19(17)30)13-22-28-27-21-11-10-20(29-31(21)22)26-16-7-5-6-15(25)12-16/h3-12,14H,13H2,1-2H3,(H,26,29)(H,32,33). The quantitative estimate of drug-likeness (QED) is 0.363. The zero-order chi connectivity index (χ0) is 23.2. The van der Waals surface area contributed by atoms with Crippen LogP contribution in [0.5, 0.6) is 0 Å². The second-order valence-electron chi connectivity index (χ2n) is 8.46. The molecule has 5 rings (SSSR count). The van der Waals surface area contributed by atoms with Crippen molar-refractivity contribution in [2.75, 3.05) is 5.32 Å². The molecule has 5 aromatic rings. The van der Waals surface area contributed by atoms with Crippen molar-refractivity contribution >= 4 is 45.6 Å². The van der Waals surface area contributed by atoms with E-state index in [1.54, 1.807) is 10.7 Å². The van der Waals surface area contributed by atoms with Crippen LogP contribution < -0.4 is 5.32 Å². The largest absolute Gasteiger partial charge is 0.478 e. The fourth-order valence-electron chi connectivity index (χ4n) is 4.05. The molecule has 0 saturated carbocycles. The Morgan fingerprint density at radius 2 is 1.91 bits per heavy atom. The lowest BCUT2D eigenvalue weighted by molar-refractivity contribution is 0.0698. The fourth-order valence-corrected chi connectivity index (χ4v) is 4.24. The van der Waals surface area contributed by atoms with Gasteiger partial charge in [-0.15, -0.1) is 15.3 Å².